The highest BCUT2D eigenvalue weighted by Crippen LogP contribution is 2.16. The largest absolute Gasteiger partial charge is 0.393 e. The number of unbranched alkanes of at least 4 members (excludes halogenated alkanes) is 1. The SMILES string of the molecule is CCCCN(C)c1ccc(C(=O)NCc2ccc(CN3CCC(O)CC3)cc2)cc1. The van der Waals surface area contributed by atoms with E-state index in [0.29, 0.717) is 12.1 Å². The second kappa shape index (κ2) is 11.1. The molecule has 1 aliphatic rings. The lowest BCUT2D eigenvalue weighted by molar-refractivity contribution is 0.0792. The van der Waals surface area contributed by atoms with Gasteiger partial charge in [0.25, 0.3) is 5.91 Å². The average molecular weight is 410 g/mol. The summed E-state index contributed by atoms with van der Waals surface area (Å²) in [6, 6.07) is 16.2. The predicted molar refractivity (Wildman–Crippen MR) is 123 cm³/mol. The topological polar surface area (TPSA) is 55.8 Å². The minimum Gasteiger partial charge on any atom is -0.393 e. The van der Waals surface area contributed by atoms with Crippen LogP contribution in [-0.4, -0.2) is 48.7 Å². The average Bonchev–Trinajstić information content (AvgIpc) is 2.78. The van der Waals surface area contributed by atoms with Crippen LogP contribution in [0.3, 0.4) is 0 Å². The number of aliphatic hydroxyl groups excluding tert-OH is 1. The van der Waals surface area contributed by atoms with Gasteiger partial charge in [-0.25, -0.2) is 0 Å². The van der Waals surface area contributed by atoms with Crippen molar-refractivity contribution < 1.29 is 9.90 Å². The van der Waals surface area contributed by atoms with Crippen LogP contribution < -0.4 is 10.2 Å². The minimum atomic E-state index is -0.134. The molecule has 1 saturated heterocycles. The zero-order valence-corrected chi connectivity index (χ0v) is 18.3. The molecule has 1 amide bonds. The summed E-state index contributed by atoms with van der Waals surface area (Å²) in [5, 5.41) is 12.6. The van der Waals surface area contributed by atoms with Gasteiger partial charge in [-0.2, -0.15) is 0 Å². The molecule has 1 fully saturated rings. The fourth-order valence-electron chi connectivity index (χ4n) is 3.77. The smallest absolute Gasteiger partial charge is 0.251 e. The van der Waals surface area contributed by atoms with E-state index in [1.165, 1.54) is 18.4 Å². The summed E-state index contributed by atoms with van der Waals surface area (Å²) in [6.07, 6.45) is 3.93. The maximum atomic E-state index is 12.5. The lowest BCUT2D eigenvalue weighted by Crippen LogP contribution is -2.35. The van der Waals surface area contributed by atoms with Crippen LogP contribution in [0.1, 0.15) is 54.1 Å². The first-order valence-electron chi connectivity index (χ1n) is 11.1. The highest BCUT2D eigenvalue weighted by atomic mass is 16.3. The Morgan fingerprint density at radius 1 is 1.07 bits per heavy atom. The summed E-state index contributed by atoms with van der Waals surface area (Å²) in [4.78, 5) is 17.1. The molecule has 0 bridgehead atoms. The number of benzene rings is 2. The van der Waals surface area contributed by atoms with E-state index >= 15 is 0 Å². The van der Waals surface area contributed by atoms with Crippen LogP contribution in [0, 0.1) is 0 Å². The van der Waals surface area contributed by atoms with E-state index in [4.69, 9.17) is 0 Å². The Morgan fingerprint density at radius 2 is 1.70 bits per heavy atom. The molecule has 0 spiro atoms. The molecule has 1 heterocycles. The van der Waals surface area contributed by atoms with Crippen LogP contribution in [0.4, 0.5) is 5.69 Å². The quantitative estimate of drug-likeness (QED) is 0.661. The molecule has 5 heteroatoms. The molecule has 3 rings (SSSR count). The molecular formula is C25H35N3O2. The third kappa shape index (κ3) is 6.57. The number of carbonyl (C=O) groups is 1. The lowest BCUT2D eigenvalue weighted by atomic mass is 10.1. The predicted octanol–water partition coefficient (Wildman–Crippen LogP) is 3.81. The first-order valence-corrected chi connectivity index (χ1v) is 11.1. The number of nitrogens with zero attached hydrogens (tertiary/aromatic N) is 2. The maximum Gasteiger partial charge on any atom is 0.251 e. The number of piperidine rings is 1. The Bertz CT molecular complexity index is 781. The van der Waals surface area contributed by atoms with Gasteiger partial charge in [0.1, 0.15) is 0 Å². The Labute approximate surface area is 180 Å². The van der Waals surface area contributed by atoms with Gasteiger partial charge in [0.2, 0.25) is 0 Å². The number of aliphatic hydroxyl groups is 1. The lowest BCUT2D eigenvalue weighted by Gasteiger charge is -2.29. The van der Waals surface area contributed by atoms with E-state index in [1.807, 2.05) is 24.3 Å². The van der Waals surface area contributed by atoms with Crippen LogP contribution >= 0.6 is 0 Å². The van der Waals surface area contributed by atoms with Crippen LogP contribution in [0.15, 0.2) is 48.5 Å². The van der Waals surface area contributed by atoms with E-state index in [1.54, 1.807) is 0 Å². The van der Waals surface area contributed by atoms with E-state index in [-0.39, 0.29) is 12.0 Å². The molecule has 0 aromatic heterocycles. The summed E-state index contributed by atoms with van der Waals surface area (Å²) in [5.41, 5.74) is 4.19. The van der Waals surface area contributed by atoms with Crippen LogP contribution in [0.25, 0.3) is 0 Å². The van der Waals surface area contributed by atoms with Crippen LogP contribution in [-0.2, 0) is 13.1 Å². The van der Waals surface area contributed by atoms with Gasteiger partial charge in [0.05, 0.1) is 6.10 Å². The Hall–Kier alpha value is -2.37. The Morgan fingerprint density at radius 3 is 2.33 bits per heavy atom. The summed E-state index contributed by atoms with van der Waals surface area (Å²) in [6.45, 7) is 6.55. The van der Waals surface area contributed by atoms with Crippen molar-refractivity contribution in [3.05, 3.63) is 65.2 Å². The van der Waals surface area contributed by atoms with Crippen LogP contribution in [0.2, 0.25) is 0 Å². The van der Waals surface area contributed by atoms with E-state index in [2.05, 4.69) is 53.4 Å². The van der Waals surface area contributed by atoms with Gasteiger partial charge in [-0.05, 0) is 54.7 Å². The van der Waals surface area contributed by atoms with Crippen molar-refractivity contribution >= 4 is 11.6 Å². The number of rotatable bonds is 9. The van der Waals surface area contributed by atoms with Crippen molar-refractivity contribution in [3.63, 3.8) is 0 Å². The van der Waals surface area contributed by atoms with Gasteiger partial charge in [-0.1, -0.05) is 37.6 Å². The van der Waals surface area contributed by atoms with E-state index < -0.39 is 0 Å². The molecule has 30 heavy (non-hydrogen) atoms. The highest BCUT2D eigenvalue weighted by Gasteiger charge is 2.16. The molecule has 0 saturated carbocycles. The number of carbonyl (C=O) groups excluding carboxylic acids is 1. The minimum absolute atomic E-state index is 0.0475. The Kier molecular flexibility index (Phi) is 8.29. The molecular weight excluding hydrogens is 374 g/mol. The number of nitrogens with one attached hydrogen (secondary N) is 1. The maximum absolute atomic E-state index is 12.5. The number of anilines is 1. The number of likely N-dealkylation sites (tertiary alicyclic amines) is 1. The standard InChI is InChI=1S/C25H35N3O2/c1-3-4-15-27(2)23-11-9-22(10-12-23)25(30)26-18-20-5-7-21(8-6-20)19-28-16-13-24(29)14-17-28/h5-12,24,29H,3-4,13-19H2,1-2H3,(H,26,30). The summed E-state index contributed by atoms with van der Waals surface area (Å²) in [7, 11) is 2.09. The molecule has 0 atom stereocenters. The number of amides is 1. The number of hydrogen-bond donors (Lipinski definition) is 2. The zero-order valence-electron chi connectivity index (χ0n) is 18.3. The van der Waals surface area contributed by atoms with Crippen molar-refractivity contribution in [2.45, 2.75) is 51.8 Å². The molecule has 2 aromatic carbocycles. The molecule has 0 radical (unpaired) electrons. The second-order valence-electron chi connectivity index (χ2n) is 8.33. The summed E-state index contributed by atoms with van der Waals surface area (Å²) >= 11 is 0. The third-order valence-electron chi connectivity index (χ3n) is 5.86. The monoisotopic (exact) mass is 409 g/mol. The normalized spacial score (nSPS) is 15.2. The fraction of sp³-hybridized carbons (Fsp3) is 0.480. The van der Waals surface area contributed by atoms with Crippen LogP contribution in [0.5, 0.6) is 0 Å². The molecule has 5 nitrogen and oxygen atoms in total. The molecule has 2 N–H and O–H groups in total. The fourth-order valence-corrected chi connectivity index (χ4v) is 3.77. The van der Waals surface area contributed by atoms with Crippen molar-refractivity contribution in [3.8, 4) is 0 Å². The molecule has 1 aliphatic heterocycles. The van der Waals surface area contributed by atoms with Crippen molar-refractivity contribution in [2.24, 2.45) is 0 Å². The number of hydrogen-bond acceptors (Lipinski definition) is 4. The Balaban J connectivity index is 1.46. The van der Waals surface area contributed by atoms with Gasteiger partial charge >= 0.3 is 0 Å². The van der Waals surface area contributed by atoms with Gasteiger partial charge in [-0.15, -0.1) is 0 Å². The van der Waals surface area contributed by atoms with Crippen molar-refractivity contribution in [1.29, 1.82) is 0 Å². The van der Waals surface area contributed by atoms with Gasteiger partial charge in [0, 0.05) is 51.0 Å². The first kappa shape index (κ1) is 22.3. The van der Waals surface area contributed by atoms with Crippen molar-refractivity contribution in [1.82, 2.24) is 10.2 Å². The summed E-state index contributed by atoms with van der Waals surface area (Å²) < 4.78 is 0. The molecule has 0 aliphatic carbocycles. The van der Waals surface area contributed by atoms with Gasteiger partial charge in [0.15, 0.2) is 0 Å². The third-order valence-corrected chi connectivity index (χ3v) is 5.86. The van der Waals surface area contributed by atoms with Crippen molar-refractivity contribution in [2.75, 3.05) is 31.6 Å². The highest BCUT2D eigenvalue weighted by molar-refractivity contribution is 5.94. The second-order valence-corrected chi connectivity index (χ2v) is 8.33. The first-order chi connectivity index (χ1) is 14.5. The zero-order chi connectivity index (χ0) is 21.3. The van der Waals surface area contributed by atoms with E-state index in [0.717, 1.165) is 50.3 Å². The molecule has 162 valence electrons. The van der Waals surface area contributed by atoms with Gasteiger partial charge < -0.3 is 15.3 Å². The van der Waals surface area contributed by atoms with Gasteiger partial charge in [-0.3, -0.25) is 9.69 Å². The molecule has 2 aromatic rings. The van der Waals surface area contributed by atoms with E-state index in [9.17, 15) is 9.90 Å². The summed E-state index contributed by atoms with van der Waals surface area (Å²) in [5.74, 6) is -0.0475. The molecule has 0 unspecified atom stereocenters.